The number of hydrogen-bond acceptors (Lipinski definition) is 2. The molecule has 1 amide bonds. The third-order valence-corrected chi connectivity index (χ3v) is 4.19. The molecule has 1 aliphatic rings. The van der Waals surface area contributed by atoms with Crippen LogP contribution in [0.5, 0.6) is 0 Å². The van der Waals surface area contributed by atoms with Crippen molar-refractivity contribution in [3.05, 3.63) is 35.9 Å². The van der Waals surface area contributed by atoms with Crippen LogP contribution >= 0.6 is 0 Å². The highest BCUT2D eigenvalue weighted by atomic mass is 19.3. The number of nitrogens with one attached hydrogen (secondary N) is 1. The lowest BCUT2D eigenvalue weighted by molar-refractivity contribution is -0.127. The Kier molecular flexibility index (Phi) is 5.28. The van der Waals surface area contributed by atoms with Crippen molar-refractivity contribution in [2.45, 2.75) is 37.5 Å². The summed E-state index contributed by atoms with van der Waals surface area (Å²) in [7, 11) is 0. The van der Waals surface area contributed by atoms with Gasteiger partial charge in [0, 0.05) is 5.92 Å². The van der Waals surface area contributed by atoms with Crippen molar-refractivity contribution in [3.63, 3.8) is 0 Å². The highest BCUT2D eigenvalue weighted by Gasteiger charge is 2.31. The lowest BCUT2D eigenvalue weighted by Crippen LogP contribution is -2.44. The molecule has 1 fully saturated rings. The molecule has 0 spiro atoms. The number of carbonyl (C=O) groups excluding carboxylic acids is 1. The molecule has 1 aromatic rings. The van der Waals surface area contributed by atoms with Gasteiger partial charge in [-0.05, 0) is 37.2 Å². The van der Waals surface area contributed by atoms with Gasteiger partial charge >= 0.3 is 0 Å². The predicted molar refractivity (Wildman–Crippen MR) is 78.2 cm³/mol. The highest BCUT2D eigenvalue weighted by molar-refractivity contribution is 5.78. The highest BCUT2D eigenvalue weighted by Crippen LogP contribution is 2.35. The second kappa shape index (κ2) is 6.98. The summed E-state index contributed by atoms with van der Waals surface area (Å²) >= 11 is 0. The number of nitrogens with two attached hydrogens (primary N) is 1. The van der Waals surface area contributed by atoms with Crippen LogP contribution in [0.15, 0.2) is 30.3 Å². The number of rotatable bonds is 5. The zero-order valence-corrected chi connectivity index (χ0v) is 12.0. The zero-order valence-electron chi connectivity index (χ0n) is 12.0. The average molecular weight is 296 g/mol. The van der Waals surface area contributed by atoms with Crippen molar-refractivity contribution in [1.82, 2.24) is 5.32 Å². The Hall–Kier alpha value is -1.49. The molecule has 116 valence electrons. The van der Waals surface area contributed by atoms with E-state index in [0.717, 1.165) is 25.7 Å². The largest absolute Gasteiger partial charge is 0.350 e. The van der Waals surface area contributed by atoms with Gasteiger partial charge in [0.1, 0.15) is 0 Å². The Morgan fingerprint density at radius 2 is 1.81 bits per heavy atom. The van der Waals surface area contributed by atoms with E-state index in [1.165, 1.54) is 5.56 Å². The average Bonchev–Trinajstić information content (AvgIpc) is 2.54. The Morgan fingerprint density at radius 1 is 1.19 bits per heavy atom. The molecule has 2 rings (SSSR count). The van der Waals surface area contributed by atoms with E-state index in [1.54, 1.807) is 0 Å². The number of halogens is 2. The predicted octanol–water partition coefficient (Wildman–Crippen LogP) is 2.67. The van der Waals surface area contributed by atoms with Gasteiger partial charge in [-0.25, -0.2) is 8.78 Å². The normalized spacial score (nSPS) is 22.8. The fourth-order valence-corrected chi connectivity index (χ4v) is 2.85. The fraction of sp³-hybridized carbons (Fsp3) is 0.562. The SMILES string of the molecule is NCC(F)(F)CNC(=O)C1CCC(c2ccccc2)CC1. The first kappa shape index (κ1) is 15.9. The van der Waals surface area contributed by atoms with Crippen LogP contribution in [-0.4, -0.2) is 24.9 Å². The molecule has 0 aromatic heterocycles. The van der Waals surface area contributed by atoms with Crippen LogP contribution in [0.3, 0.4) is 0 Å². The molecule has 0 radical (unpaired) electrons. The second-order valence-corrected chi connectivity index (χ2v) is 5.74. The molecule has 0 bridgehead atoms. The van der Waals surface area contributed by atoms with Crippen LogP contribution < -0.4 is 11.1 Å². The van der Waals surface area contributed by atoms with Crippen molar-refractivity contribution in [1.29, 1.82) is 0 Å². The van der Waals surface area contributed by atoms with Gasteiger partial charge in [0.2, 0.25) is 5.91 Å². The summed E-state index contributed by atoms with van der Waals surface area (Å²) in [6, 6.07) is 10.2. The summed E-state index contributed by atoms with van der Waals surface area (Å²) in [5, 5.41) is 2.33. The zero-order chi connectivity index (χ0) is 15.3. The Bertz CT molecular complexity index is 457. The van der Waals surface area contributed by atoms with E-state index in [9.17, 15) is 13.6 Å². The van der Waals surface area contributed by atoms with Gasteiger partial charge in [0.15, 0.2) is 0 Å². The van der Waals surface area contributed by atoms with E-state index in [4.69, 9.17) is 5.73 Å². The van der Waals surface area contributed by atoms with Crippen LogP contribution in [0.4, 0.5) is 8.78 Å². The molecule has 0 heterocycles. The first-order valence-electron chi connectivity index (χ1n) is 7.42. The van der Waals surface area contributed by atoms with E-state index < -0.39 is 19.0 Å². The number of carbonyl (C=O) groups is 1. The van der Waals surface area contributed by atoms with E-state index in [2.05, 4.69) is 17.4 Å². The van der Waals surface area contributed by atoms with Gasteiger partial charge in [-0.3, -0.25) is 4.79 Å². The van der Waals surface area contributed by atoms with Gasteiger partial charge in [0.05, 0.1) is 13.1 Å². The van der Waals surface area contributed by atoms with Gasteiger partial charge in [-0.1, -0.05) is 30.3 Å². The standard InChI is InChI=1S/C16H22F2N2O/c17-16(18,10-19)11-20-15(21)14-8-6-13(7-9-14)12-4-2-1-3-5-12/h1-5,13-14H,6-11,19H2,(H,20,21). The van der Waals surface area contributed by atoms with Crippen molar-refractivity contribution >= 4 is 5.91 Å². The maximum Gasteiger partial charge on any atom is 0.277 e. The van der Waals surface area contributed by atoms with Crippen LogP contribution in [-0.2, 0) is 4.79 Å². The maximum absolute atomic E-state index is 13.0. The van der Waals surface area contributed by atoms with Gasteiger partial charge in [0.25, 0.3) is 5.92 Å². The topological polar surface area (TPSA) is 55.1 Å². The molecule has 5 heteroatoms. The smallest absolute Gasteiger partial charge is 0.277 e. The molecular weight excluding hydrogens is 274 g/mol. The number of benzene rings is 1. The van der Waals surface area contributed by atoms with Gasteiger partial charge in [-0.15, -0.1) is 0 Å². The van der Waals surface area contributed by atoms with Crippen LogP contribution in [0.25, 0.3) is 0 Å². The van der Waals surface area contributed by atoms with Crippen molar-refractivity contribution in [3.8, 4) is 0 Å². The monoisotopic (exact) mass is 296 g/mol. The van der Waals surface area contributed by atoms with Crippen LogP contribution in [0, 0.1) is 5.92 Å². The fourth-order valence-electron chi connectivity index (χ4n) is 2.85. The lowest BCUT2D eigenvalue weighted by Gasteiger charge is -2.28. The summed E-state index contributed by atoms with van der Waals surface area (Å²) in [5.41, 5.74) is 6.25. The molecule has 0 aliphatic heterocycles. The Balaban J connectivity index is 1.80. The van der Waals surface area contributed by atoms with Crippen LogP contribution in [0.2, 0.25) is 0 Å². The molecule has 1 saturated carbocycles. The molecule has 1 aromatic carbocycles. The third-order valence-electron chi connectivity index (χ3n) is 4.19. The van der Waals surface area contributed by atoms with E-state index in [-0.39, 0.29) is 11.8 Å². The summed E-state index contributed by atoms with van der Waals surface area (Å²) in [5.74, 6) is -2.97. The molecule has 3 N–H and O–H groups in total. The lowest BCUT2D eigenvalue weighted by atomic mass is 9.78. The van der Waals surface area contributed by atoms with Gasteiger partial charge < -0.3 is 11.1 Å². The minimum atomic E-state index is -3.02. The van der Waals surface area contributed by atoms with Crippen LogP contribution in [0.1, 0.15) is 37.2 Å². The Labute approximate surface area is 123 Å². The summed E-state index contributed by atoms with van der Waals surface area (Å²) in [6.45, 7) is -1.41. The molecular formula is C16H22F2N2O. The maximum atomic E-state index is 13.0. The molecule has 0 atom stereocenters. The van der Waals surface area contributed by atoms with E-state index in [1.807, 2.05) is 18.2 Å². The number of alkyl halides is 2. The number of amides is 1. The van der Waals surface area contributed by atoms with Gasteiger partial charge in [-0.2, -0.15) is 0 Å². The molecule has 1 aliphatic carbocycles. The molecule has 3 nitrogen and oxygen atoms in total. The molecule has 0 saturated heterocycles. The molecule has 21 heavy (non-hydrogen) atoms. The first-order chi connectivity index (χ1) is 10.0. The summed E-state index contributed by atoms with van der Waals surface area (Å²) in [4.78, 5) is 11.9. The van der Waals surface area contributed by atoms with E-state index in [0.29, 0.717) is 5.92 Å². The third kappa shape index (κ3) is 4.49. The first-order valence-corrected chi connectivity index (χ1v) is 7.42. The minimum absolute atomic E-state index is 0.154. The van der Waals surface area contributed by atoms with E-state index >= 15 is 0 Å². The van der Waals surface area contributed by atoms with Crippen molar-refractivity contribution in [2.75, 3.05) is 13.1 Å². The number of hydrogen-bond donors (Lipinski definition) is 2. The molecule has 0 unspecified atom stereocenters. The van der Waals surface area contributed by atoms with Crippen molar-refractivity contribution in [2.24, 2.45) is 11.7 Å². The van der Waals surface area contributed by atoms with Crippen molar-refractivity contribution < 1.29 is 13.6 Å². The Morgan fingerprint density at radius 3 is 2.38 bits per heavy atom. The second-order valence-electron chi connectivity index (χ2n) is 5.74. The summed E-state index contributed by atoms with van der Waals surface area (Å²) in [6.07, 6.45) is 3.35. The summed E-state index contributed by atoms with van der Waals surface area (Å²) < 4.78 is 26.0. The minimum Gasteiger partial charge on any atom is -0.350 e. The quantitative estimate of drug-likeness (QED) is 0.877.